The average molecular weight is 220 g/mol. The normalized spacial score (nSPS) is 27.2. The van der Waals surface area contributed by atoms with Crippen LogP contribution in [0.4, 0.5) is 0 Å². The van der Waals surface area contributed by atoms with Crippen LogP contribution in [0.25, 0.3) is 0 Å². The van der Waals surface area contributed by atoms with E-state index >= 15 is 0 Å². The Balaban J connectivity index is 2.16. The molecule has 2 saturated heterocycles. The fourth-order valence-corrected chi connectivity index (χ4v) is 2.35. The molecular formula is C7H12N2O4S. The zero-order chi connectivity index (χ0) is 10.3. The monoisotopic (exact) mass is 220 g/mol. The number of piperidine rings is 1. The molecule has 2 heterocycles. The van der Waals surface area contributed by atoms with Crippen molar-refractivity contribution in [3.63, 3.8) is 0 Å². The fourth-order valence-electron chi connectivity index (χ4n) is 1.94. The Hall–Kier alpha value is -0.790. The zero-order valence-electron chi connectivity index (χ0n) is 7.59. The Morgan fingerprint density at radius 1 is 1.57 bits per heavy atom. The molecule has 0 radical (unpaired) electrons. The highest BCUT2D eigenvalue weighted by molar-refractivity contribution is 7.80. The van der Waals surface area contributed by atoms with E-state index in [0.717, 1.165) is 19.4 Å². The number of hydrogen-bond acceptors (Lipinski definition) is 5. The van der Waals surface area contributed by atoms with Crippen molar-refractivity contribution in [1.29, 1.82) is 0 Å². The second kappa shape index (κ2) is 3.11. The zero-order valence-corrected chi connectivity index (χ0v) is 8.40. The molecule has 0 aromatic heterocycles. The summed E-state index contributed by atoms with van der Waals surface area (Å²) in [6.07, 6.45) is 1.83. The third kappa shape index (κ3) is 1.70. The van der Waals surface area contributed by atoms with E-state index in [9.17, 15) is 8.42 Å². The molecule has 1 unspecified atom stereocenters. The van der Waals surface area contributed by atoms with Crippen LogP contribution in [0.2, 0.25) is 0 Å². The van der Waals surface area contributed by atoms with Gasteiger partial charge in [0.05, 0.1) is 6.04 Å². The first kappa shape index (κ1) is 9.75. The highest BCUT2D eigenvalue weighted by Crippen LogP contribution is 2.30. The van der Waals surface area contributed by atoms with Gasteiger partial charge in [-0.05, 0) is 12.8 Å². The lowest BCUT2D eigenvalue weighted by Gasteiger charge is -2.21. The molecule has 2 bridgehead atoms. The maximum atomic E-state index is 10.6. The highest BCUT2D eigenvalue weighted by atomic mass is 32.3. The van der Waals surface area contributed by atoms with Gasteiger partial charge in [-0.1, -0.05) is 6.58 Å². The standard InChI is InChI=1S/C7H12N2O4S/c1-6-8-4-2-3-7(5-8)9(6)13-14(10,11)12/h7H,1-5H2,(H,10,11,12). The van der Waals surface area contributed by atoms with Crippen LogP contribution in [-0.2, 0) is 14.7 Å². The maximum Gasteiger partial charge on any atom is 0.418 e. The topological polar surface area (TPSA) is 70.1 Å². The van der Waals surface area contributed by atoms with Gasteiger partial charge in [-0.2, -0.15) is 8.42 Å². The van der Waals surface area contributed by atoms with Gasteiger partial charge in [0, 0.05) is 13.1 Å². The van der Waals surface area contributed by atoms with E-state index in [1.807, 2.05) is 4.90 Å². The van der Waals surface area contributed by atoms with Crippen LogP contribution in [0.15, 0.2) is 12.4 Å². The number of nitrogens with zero attached hydrogens (tertiary/aromatic N) is 2. The lowest BCUT2D eigenvalue weighted by atomic mass is 10.1. The minimum Gasteiger partial charge on any atom is -0.355 e. The molecule has 6 nitrogen and oxygen atoms in total. The van der Waals surface area contributed by atoms with Crippen LogP contribution >= 0.6 is 0 Å². The first-order valence-corrected chi connectivity index (χ1v) is 5.74. The molecule has 2 fully saturated rings. The van der Waals surface area contributed by atoms with Gasteiger partial charge in [0.1, 0.15) is 5.82 Å². The van der Waals surface area contributed by atoms with Gasteiger partial charge in [-0.25, -0.2) is 5.06 Å². The molecule has 14 heavy (non-hydrogen) atoms. The third-order valence-corrected chi connectivity index (χ3v) is 2.87. The maximum absolute atomic E-state index is 10.6. The van der Waals surface area contributed by atoms with E-state index in [2.05, 4.69) is 10.9 Å². The molecule has 0 aromatic carbocycles. The van der Waals surface area contributed by atoms with E-state index in [1.54, 1.807) is 0 Å². The van der Waals surface area contributed by atoms with Gasteiger partial charge in [0.15, 0.2) is 0 Å². The van der Waals surface area contributed by atoms with Gasteiger partial charge in [-0.15, -0.1) is 4.28 Å². The van der Waals surface area contributed by atoms with Crippen molar-refractivity contribution in [1.82, 2.24) is 9.96 Å². The molecule has 0 saturated carbocycles. The molecule has 1 atom stereocenters. The SMILES string of the molecule is C=C1N2CCCC(C2)N1OS(=O)(=O)O. The van der Waals surface area contributed by atoms with Gasteiger partial charge in [-0.3, -0.25) is 4.55 Å². The molecule has 2 aliphatic heterocycles. The van der Waals surface area contributed by atoms with E-state index in [0.29, 0.717) is 12.4 Å². The van der Waals surface area contributed by atoms with Crippen LogP contribution in [-0.4, -0.2) is 42.1 Å². The lowest BCUT2D eigenvalue weighted by molar-refractivity contribution is -0.0453. The summed E-state index contributed by atoms with van der Waals surface area (Å²) in [6, 6.07) is -0.0156. The first-order chi connectivity index (χ1) is 6.47. The molecule has 0 aromatic rings. The molecular weight excluding hydrogens is 208 g/mol. The Morgan fingerprint density at radius 3 is 2.86 bits per heavy atom. The van der Waals surface area contributed by atoms with Crippen LogP contribution < -0.4 is 0 Å². The Kier molecular flexibility index (Phi) is 2.17. The largest absolute Gasteiger partial charge is 0.418 e. The molecule has 80 valence electrons. The fraction of sp³-hybridized carbons (Fsp3) is 0.714. The summed E-state index contributed by atoms with van der Waals surface area (Å²) in [5.41, 5.74) is 0. The van der Waals surface area contributed by atoms with Crippen molar-refractivity contribution in [2.24, 2.45) is 0 Å². The summed E-state index contributed by atoms with van der Waals surface area (Å²) in [5.74, 6) is 0.505. The van der Waals surface area contributed by atoms with Gasteiger partial charge in [0.25, 0.3) is 0 Å². The summed E-state index contributed by atoms with van der Waals surface area (Å²) in [5, 5.41) is 1.18. The lowest BCUT2D eigenvalue weighted by Crippen LogP contribution is -2.33. The van der Waals surface area contributed by atoms with Crippen molar-refractivity contribution in [3.05, 3.63) is 12.4 Å². The summed E-state index contributed by atoms with van der Waals surface area (Å²) >= 11 is 0. The summed E-state index contributed by atoms with van der Waals surface area (Å²) in [6.45, 7) is 5.29. The molecule has 2 aliphatic rings. The quantitative estimate of drug-likeness (QED) is 0.659. The minimum atomic E-state index is -4.44. The van der Waals surface area contributed by atoms with E-state index in [4.69, 9.17) is 4.55 Å². The van der Waals surface area contributed by atoms with Crippen LogP contribution in [0.3, 0.4) is 0 Å². The Labute approximate surface area is 82.7 Å². The number of fused-ring (bicyclic) bond motifs is 2. The molecule has 0 aliphatic carbocycles. The smallest absolute Gasteiger partial charge is 0.355 e. The predicted molar refractivity (Wildman–Crippen MR) is 48.2 cm³/mol. The van der Waals surface area contributed by atoms with Gasteiger partial charge < -0.3 is 4.90 Å². The molecule has 1 N–H and O–H groups in total. The Morgan fingerprint density at radius 2 is 2.29 bits per heavy atom. The van der Waals surface area contributed by atoms with E-state index in [1.165, 1.54) is 5.06 Å². The number of hydrogen-bond donors (Lipinski definition) is 1. The summed E-state index contributed by atoms with van der Waals surface area (Å²) in [7, 11) is -4.44. The van der Waals surface area contributed by atoms with Crippen LogP contribution in [0.1, 0.15) is 12.8 Å². The highest BCUT2D eigenvalue weighted by Gasteiger charge is 2.38. The number of hydroxylamine groups is 2. The molecule has 0 amide bonds. The second-order valence-electron chi connectivity index (χ2n) is 3.49. The van der Waals surface area contributed by atoms with Gasteiger partial charge >= 0.3 is 10.4 Å². The third-order valence-electron chi connectivity index (χ3n) is 2.52. The minimum absolute atomic E-state index is 0.0156. The van der Waals surface area contributed by atoms with Crippen molar-refractivity contribution in [2.45, 2.75) is 18.9 Å². The summed E-state index contributed by atoms with van der Waals surface area (Å²) in [4.78, 5) is 1.94. The van der Waals surface area contributed by atoms with Crippen LogP contribution in [0.5, 0.6) is 0 Å². The van der Waals surface area contributed by atoms with E-state index < -0.39 is 10.4 Å². The molecule has 7 heteroatoms. The van der Waals surface area contributed by atoms with Crippen LogP contribution in [0, 0.1) is 0 Å². The van der Waals surface area contributed by atoms with Crippen molar-refractivity contribution in [3.8, 4) is 0 Å². The average Bonchev–Trinajstić information content (AvgIpc) is 2.28. The van der Waals surface area contributed by atoms with E-state index in [-0.39, 0.29) is 6.04 Å². The van der Waals surface area contributed by atoms with Crippen molar-refractivity contribution < 1.29 is 17.3 Å². The first-order valence-electron chi connectivity index (χ1n) is 4.37. The van der Waals surface area contributed by atoms with Gasteiger partial charge in [0.2, 0.25) is 0 Å². The van der Waals surface area contributed by atoms with Crippen molar-refractivity contribution in [2.75, 3.05) is 13.1 Å². The predicted octanol–water partition coefficient (Wildman–Crippen LogP) is -0.0280. The molecule has 2 rings (SSSR count). The molecule has 0 spiro atoms. The Bertz CT molecular complexity index is 353. The number of rotatable bonds is 2. The second-order valence-corrected chi connectivity index (χ2v) is 4.49. The summed E-state index contributed by atoms with van der Waals surface area (Å²) < 4.78 is 34.1. The van der Waals surface area contributed by atoms with Crippen molar-refractivity contribution >= 4 is 10.4 Å².